The van der Waals surface area contributed by atoms with Crippen LogP contribution in [0.5, 0.6) is 11.5 Å². The molecule has 2 N–H and O–H groups in total. The van der Waals surface area contributed by atoms with Crippen molar-refractivity contribution in [1.29, 1.82) is 0 Å². The van der Waals surface area contributed by atoms with E-state index < -0.39 is 65.3 Å². The molecule has 0 amide bonds. The number of aliphatic hydroxyl groups is 1. The Hall–Kier alpha value is -4.17. The summed E-state index contributed by atoms with van der Waals surface area (Å²) in [5.74, 6) is -5.57. The Bertz CT molecular complexity index is 1410. The number of carbonyl (C=O) groups excluding carboxylic acids is 4. The van der Waals surface area contributed by atoms with Crippen LogP contribution >= 0.6 is 0 Å². The van der Waals surface area contributed by atoms with Crippen LogP contribution in [0.2, 0.25) is 0 Å². The van der Waals surface area contributed by atoms with E-state index in [2.05, 4.69) is 0 Å². The topological polar surface area (TPSA) is 184 Å². The van der Waals surface area contributed by atoms with Gasteiger partial charge in [0.25, 0.3) is 0 Å². The van der Waals surface area contributed by atoms with Crippen molar-refractivity contribution in [3.63, 3.8) is 0 Å². The van der Waals surface area contributed by atoms with E-state index in [-0.39, 0.29) is 18.2 Å². The van der Waals surface area contributed by atoms with Crippen LogP contribution in [0.15, 0.2) is 24.0 Å². The van der Waals surface area contributed by atoms with Crippen molar-refractivity contribution in [2.75, 3.05) is 20.7 Å². The zero-order chi connectivity index (χ0) is 32.7. The number of esters is 4. The fourth-order valence-corrected chi connectivity index (χ4v) is 6.45. The molecular weight excluding hydrogens is 582 g/mol. The Kier molecular flexibility index (Phi) is 8.99. The van der Waals surface area contributed by atoms with E-state index in [9.17, 15) is 29.1 Å². The van der Waals surface area contributed by atoms with Gasteiger partial charge < -0.3 is 43.5 Å². The Morgan fingerprint density at radius 1 is 1.05 bits per heavy atom. The molecule has 3 aliphatic rings. The number of methoxy groups -OCH3 is 1. The van der Waals surface area contributed by atoms with Gasteiger partial charge in [-0.2, -0.15) is 0 Å². The molecule has 1 aromatic rings. The zero-order valence-corrected chi connectivity index (χ0v) is 25.6. The number of hydrogen-bond donors (Lipinski definition) is 2. The van der Waals surface area contributed by atoms with Crippen LogP contribution in [0.4, 0.5) is 0 Å². The number of likely N-dealkylation sites (N-methyl/N-ethyl adjacent to an activating group) is 1. The molecule has 14 heteroatoms. The summed E-state index contributed by atoms with van der Waals surface area (Å²) >= 11 is 0. The fourth-order valence-electron chi connectivity index (χ4n) is 6.45. The van der Waals surface area contributed by atoms with Gasteiger partial charge in [0.1, 0.15) is 5.76 Å². The van der Waals surface area contributed by atoms with Crippen LogP contribution in [-0.4, -0.2) is 102 Å². The van der Waals surface area contributed by atoms with Crippen LogP contribution in [0.25, 0.3) is 0 Å². The van der Waals surface area contributed by atoms with Crippen molar-refractivity contribution in [3.8, 4) is 11.5 Å². The summed E-state index contributed by atoms with van der Waals surface area (Å²) in [7, 11) is 3.39. The molecule has 240 valence electrons. The fraction of sp³-hybridized carbons (Fsp3) is 0.567. The molecule has 14 nitrogen and oxygen atoms in total. The second-order valence-corrected chi connectivity index (χ2v) is 11.3. The maximum absolute atomic E-state index is 13.7. The molecule has 7 atom stereocenters. The molecule has 1 saturated heterocycles. The molecule has 1 fully saturated rings. The molecule has 2 aliphatic heterocycles. The van der Waals surface area contributed by atoms with Crippen LogP contribution in [0.3, 0.4) is 0 Å². The van der Waals surface area contributed by atoms with Crippen molar-refractivity contribution >= 4 is 29.8 Å². The first-order valence-electron chi connectivity index (χ1n) is 14.1. The number of carboxylic acid groups (broad SMARTS) is 1. The zero-order valence-electron chi connectivity index (χ0n) is 25.6. The predicted molar refractivity (Wildman–Crippen MR) is 149 cm³/mol. The van der Waals surface area contributed by atoms with Gasteiger partial charge in [0.05, 0.1) is 18.1 Å². The van der Waals surface area contributed by atoms with Crippen molar-refractivity contribution in [1.82, 2.24) is 4.90 Å². The molecule has 0 bridgehead atoms. The summed E-state index contributed by atoms with van der Waals surface area (Å²) in [5.41, 5.74) is -0.935. The van der Waals surface area contributed by atoms with E-state index in [4.69, 9.17) is 33.5 Å². The van der Waals surface area contributed by atoms with E-state index >= 15 is 0 Å². The van der Waals surface area contributed by atoms with Crippen LogP contribution < -0.4 is 9.47 Å². The molecule has 1 aliphatic carbocycles. The normalized spacial score (nSPS) is 27.5. The predicted octanol–water partition coefficient (Wildman–Crippen LogP) is 1.17. The van der Waals surface area contributed by atoms with E-state index in [1.54, 1.807) is 6.07 Å². The van der Waals surface area contributed by atoms with Crippen molar-refractivity contribution in [3.05, 3.63) is 35.1 Å². The van der Waals surface area contributed by atoms with Gasteiger partial charge in [-0.3, -0.25) is 9.59 Å². The molecule has 4 rings (SSSR count). The number of benzene rings is 1. The van der Waals surface area contributed by atoms with E-state index in [1.807, 2.05) is 31.9 Å². The molecule has 0 radical (unpaired) electrons. The molecule has 2 heterocycles. The standard InChI is InChI=1S/C30H37NO13/c1-14-8-9-19(39-7)22-21(14)29-12-13-31(6)16(3)30(29,38)11-10-20(25(29)44-22)43-28(37)24(42-18(5)33)23(41-17(4)32)27(36)40-15(2)26(34)35/h8-10,15-16,23-25,38H,11-13H2,1-7H3,(H,34,35)/t15-,16+,23+,24+,25?,29?,30+/m0/s1. The molecule has 1 spiro atoms. The highest BCUT2D eigenvalue weighted by Crippen LogP contribution is 2.62. The average molecular weight is 620 g/mol. The largest absolute Gasteiger partial charge is 0.493 e. The van der Waals surface area contributed by atoms with Gasteiger partial charge in [-0.1, -0.05) is 6.07 Å². The number of fused-ring (bicyclic) bond motifs is 1. The lowest BCUT2D eigenvalue weighted by atomic mass is 9.54. The number of carbonyl (C=O) groups is 5. The van der Waals surface area contributed by atoms with Gasteiger partial charge >= 0.3 is 29.8 Å². The van der Waals surface area contributed by atoms with Crippen LogP contribution in [0, 0.1) is 6.92 Å². The number of rotatable bonds is 9. The molecule has 44 heavy (non-hydrogen) atoms. The first-order valence-corrected chi connectivity index (χ1v) is 14.1. The lowest BCUT2D eigenvalue weighted by Gasteiger charge is -2.58. The third-order valence-electron chi connectivity index (χ3n) is 8.72. The minimum atomic E-state index is -2.19. The van der Waals surface area contributed by atoms with Crippen LogP contribution in [-0.2, 0) is 48.3 Å². The molecular formula is C30H37NO13. The number of likely N-dealkylation sites (tertiary alicyclic amines) is 1. The minimum absolute atomic E-state index is 0.0277. The lowest BCUT2D eigenvalue weighted by Crippen LogP contribution is -2.71. The smallest absolute Gasteiger partial charge is 0.357 e. The summed E-state index contributed by atoms with van der Waals surface area (Å²) in [4.78, 5) is 63.8. The summed E-state index contributed by atoms with van der Waals surface area (Å²) in [6.07, 6.45) is -5.12. The summed E-state index contributed by atoms with van der Waals surface area (Å²) < 4.78 is 32.7. The molecule has 0 aromatic heterocycles. The Morgan fingerprint density at radius 2 is 1.66 bits per heavy atom. The second-order valence-electron chi connectivity index (χ2n) is 11.3. The van der Waals surface area contributed by atoms with Gasteiger partial charge in [0, 0.05) is 31.9 Å². The van der Waals surface area contributed by atoms with E-state index in [1.165, 1.54) is 13.2 Å². The Labute approximate surface area is 253 Å². The summed E-state index contributed by atoms with van der Waals surface area (Å²) in [6.45, 7) is 7.30. The maximum Gasteiger partial charge on any atom is 0.357 e. The monoisotopic (exact) mass is 619 g/mol. The van der Waals surface area contributed by atoms with Gasteiger partial charge in [-0.15, -0.1) is 0 Å². The van der Waals surface area contributed by atoms with Crippen molar-refractivity contribution < 1.29 is 62.6 Å². The first kappa shape index (κ1) is 32.7. The van der Waals surface area contributed by atoms with Gasteiger partial charge in [0.15, 0.2) is 23.7 Å². The maximum atomic E-state index is 13.7. The summed E-state index contributed by atoms with van der Waals surface area (Å²) in [6, 6.07) is 3.25. The third-order valence-corrected chi connectivity index (χ3v) is 8.72. The summed E-state index contributed by atoms with van der Waals surface area (Å²) in [5, 5.41) is 21.6. The minimum Gasteiger partial charge on any atom is -0.493 e. The molecule has 2 unspecified atom stereocenters. The third kappa shape index (κ3) is 5.36. The highest BCUT2D eigenvalue weighted by Gasteiger charge is 2.69. The Balaban J connectivity index is 1.77. The van der Waals surface area contributed by atoms with E-state index in [0.29, 0.717) is 30.0 Å². The quantitative estimate of drug-likeness (QED) is 0.296. The Morgan fingerprint density at radius 3 is 2.23 bits per heavy atom. The highest BCUT2D eigenvalue weighted by molar-refractivity contribution is 5.90. The SMILES string of the molecule is COc1ccc(C)c2c1OC1C(OC(=O)[C@H](OC(C)=O)[C@@H](OC(C)=O)C(=O)O[C@@H](C)C(=O)O)=CC[C@@]3(O)[C@@H](C)N(C)CCC213. The number of ether oxygens (including phenoxy) is 6. The number of aryl methyl sites for hydroxylation is 1. The average Bonchev–Trinajstić information content (AvgIpc) is 3.31. The number of aliphatic carboxylic acids is 1. The molecule has 0 saturated carbocycles. The van der Waals surface area contributed by atoms with Crippen molar-refractivity contribution in [2.45, 2.75) is 88.9 Å². The second kappa shape index (κ2) is 12.1. The lowest BCUT2D eigenvalue weighted by molar-refractivity contribution is -0.194. The first-order chi connectivity index (χ1) is 20.6. The molecule has 1 aromatic carbocycles. The van der Waals surface area contributed by atoms with Gasteiger partial charge in [-0.25, -0.2) is 14.4 Å². The van der Waals surface area contributed by atoms with Crippen LogP contribution in [0.1, 0.15) is 51.7 Å². The number of carboxylic acids is 1. The highest BCUT2D eigenvalue weighted by atomic mass is 16.6. The van der Waals surface area contributed by atoms with Gasteiger partial charge in [0.2, 0.25) is 12.2 Å². The van der Waals surface area contributed by atoms with Gasteiger partial charge in [-0.05, 0) is 58.5 Å². The number of nitrogens with zero attached hydrogens (tertiary/aromatic N) is 1. The number of hydrogen-bond acceptors (Lipinski definition) is 13. The van der Waals surface area contributed by atoms with E-state index in [0.717, 1.165) is 26.3 Å². The number of piperidine rings is 1. The van der Waals surface area contributed by atoms with Crippen molar-refractivity contribution in [2.24, 2.45) is 0 Å².